The number of nitrogens with one attached hydrogen (secondary N) is 1. The highest BCUT2D eigenvalue weighted by Crippen LogP contribution is 2.37. The summed E-state index contributed by atoms with van der Waals surface area (Å²) in [5.41, 5.74) is 0. The number of amides is 1. The number of hydrogen-bond donors (Lipinski definition) is 5. The third-order valence-corrected chi connectivity index (χ3v) is 7.62. The standard InChI is InChI=1S/C21H30N2O9S2/c1-4-13(33-34-16-7-5-6-8-22-16)11-31-21(20(29)30-3)9-14(26)17(23-12(2)25)19(32-21)18(28)15(27)10-24/h4-8,13-15,17-19,24,26-28H,1,9-11H2,2-3H3,(H,23,25)/t13?,14-,15+,17+,18+,19+,21+/m0/s1. The Labute approximate surface area is 205 Å². The Balaban J connectivity index is 2.23. The maximum atomic E-state index is 12.7. The Morgan fingerprint density at radius 1 is 1.44 bits per heavy atom. The normalized spacial score (nSPS) is 27.3. The number of pyridine rings is 1. The van der Waals surface area contributed by atoms with Crippen LogP contribution in [0.25, 0.3) is 0 Å². The highest BCUT2D eigenvalue weighted by Gasteiger charge is 2.56. The fraction of sp³-hybridized carbons (Fsp3) is 0.571. The first-order valence-corrected chi connectivity index (χ1v) is 12.6. The summed E-state index contributed by atoms with van der Waals surface area (Å²) >= 11 is 0. The van der Waals surface area contributed by atoms with E-state index in [1.54, 1.807) is 18.3 Å². The van der Waals surface area contributed by atoms with Crippen LogP contribution in [0.2, 0.25) is 0 Å². The van der Waals surface area contributed by atoms with Crippen molar-refractivity contribution in [1.82, 2.24) is 10.3 Å². The van der Waals surface area contributed by atoms with E-state index >= 15 is 0 Å². The summed E-state index contributed by atoms with van der Waals surface area (Å²) in [5, 5.41) is 43.4. The number of aliphatic hydroxyl groups excluding tert-OH is 4. The monoisotopic (exact) mass is 518 g/mol. The van der Waals surface area contributed by atoms with Gasteiger partial charge in [0, 0.05) is 19.5 Å². The number of nitrogens with zero attached hydrogens (tertiary/aromatic N) is 1. The second kappa shape index (κ2) is 13.4. The second-order valence-electron chi connectivity index (χ2n) is 7.50. The van der Waals surface area contributed by atoms with E-state index in [-0.39, 0.29) is 11.9 Å². The van der Waals surface area contributed by atoms with Crippen molar-refractivity contribution >= 4 is 33.5 Å². The topological polar surface area (TPSA) is 168 Å². The number of aromatic nitrogens is 1. The van der Waals surface area contributed by atoms with E-state index in [9.17, 15) is 30.0 Å². The van der Waals surface area contributed by atoms with E-state index in [1.807, 2.05) is 12.1 Å². The van der Waals surface area contributed by atoms with Gasteiger partial charge in [-0.25, -0.2) is 9.78 Å². The van der Waals surface area contributed by atoms with Crippen molar-refractivity contribution in [3.8, 4) is 0 Å². The molecule has 0 saturated carbocycles. The van der Waals surface area contributed by atoms with Crippen molar-refractivity contribution < 1.29 is 44.2 Å². The predicted octanol–water partition coefficient (Wildman–Crippen LogP) is -0.369. The minimum atomic E-state index is -2.15. The van der Waals surface area contributed by atoms with Gasteiger partial charge in [-0.05, 0) is 22.9 Å². The zero-order valence-electron chi connectivity index (χ0n) is 18.8. The fourth-order valence-corrected chi connectivity index (χ4v) is 5.31. The number of methoxy groups -OCH3 is 1. The van der Waals surface area contributed by atoms with Crippen molar-refractivity contribution in [2.45, 2.75) is 59.9 Å². The molecule has 7 atom stereocenters. The van der Waals surface area contributed by atoms with Gasteiger partial charge in [0.1, 0.15) is 23.3 Å². The van der Waals surface area contributed by atoms with Gasteiger partial charge in [0.25, 0.3) is 5.79 Å². The van der Waals surface area contributed by atoms with Crippen LogP contribution in [0.3, 0.4) is 0 Å². The summed E-state index contributed by atoms with van der Waals surface area (Å²) in [5.74, 6) is -3.67. The van der Waals surface area contributed by atoms with Crippen LogP contribution in [0.5, 0.6) is 0 Å². The lowest BCUT2D eigenvalue weighted by molar-refractivity contribution is -0.311. The molecular weight excluding hydrogens is 488 g/mol. The molecule has 190 valence electrons. The molecule has 11 nitrogen and oxygen atoms in total. The Morgan fingerprint density at radius 3 is 2.74 bits per heavy atom. The van der Waals surface area contributed by atoms with Crippen LogP contribution in [0.4, 0.5) is 0 Å². The van der Waals surface area contributed by atoms with Crippen molar-refractivity contribution in [3.05, 3.63) is 37.1 Å². The average Bonchev–Trinajstić information content (AvgIpc) is 2.84. The summed E-state index contributed by atoms with van der Waals surface area (Å²) in [6, 6.07) is 4.27. The number of carbonyl (C=O) groups excluding carboxylic acids is 2. The third-order valence-electron chi connectivity index (χ3n) is 5.00. The highest BCUT2D eigenvalue weighted by molar-refractivity contribution is 8.77. The predicted molar refractivity (Wildman–Crippen MR) is 125 cm³/mol. The maximum absolute atomic E-state index is 12.7. The minimum absolute atomic E-state index is 0.0913. The Hall–Kier alpha value is -1.71. The number of carbonyl (C=O) groups is 2. The molecule has 1 fully saturated rings. The van der Waals surface area contributed by atoms with Crippen molar-refractivity contribution in [2.75, 3.05) is 20.3 Å². The molecule has 34 heavy (non-hydrogen) atoms. The van der Waals surface area contributed by atoms with Crippen molar-refractivity contribution in [1.29, 1.82) is 0 Å². The van der Waals surface area contributed by atoms with Gasteiger partial charge < -0.3 is 40.0 Å². The molecule has 2 heterocycles. The van der Waals surface area contributed by atoms with Crippen LogP contribution in [-0.4, -0.2) is 99.1 Å². The first-order chi connectivity index (χ1) is 16.2. The van der Waals surface area contributed by atoms with Gasteiger partial charge in [-0.3, -0.25) is 4.79 Å². The first kappa shape index (κ1) is 28.5. The molecule has 0 bridgehead atoms. The third kappa shape index (κ3) is 7.39. The van der Waals surface area contributed by atoms with Crippen LogP contribution < -0.4 is 5.32 Å². The molecule has 1 aliphatic heterocycles. The molecule has 0 radical (unpaired) electrons. The fourth-order valence-electron chi connectivity index (χ4n) is 3.28. The number of aliphatic hydroxyl groups is 4. The molecule has 2 rings (SSSR count). The first-order valence-electron chi connectivity index (χ1n) is 10.4. The SMILES string of the molecule is C=CC(CO[C@]1(C(=O)OC)C[C@H](O)[C@@H](NC(C)=O)[C@H]([C@H](O)[C@H](O)CO)O1)SSc1ccccn1. The molecule has 1 amide bonds. The molecule has 13 heteroatoms. The summed E-state index contributed by atoms with van der Waals surface area (Å²) in [6.45, 7) is 4.05. The lowest BCUT2D eigenvalue weighted by Crippen LogP contribution is -2.68. The molecule has 1 saturated heterocycles. The summed E-state index contributed by atoms with van der Waals surface area (Å²) < 4.78 is 16.5. The van der Waals surface area contributed by atoms with Crippen LogP contribution in [-0.2, 0) is 23.8 Å². The minimum Gasteiger partial charge on any atom is -0.465 e. The number of rotatable bonds is 12. The average molecular weight is 519 g/mol. The largest absolute Gasteiger partial charge is 0.465 e. The Kier molecular flexibility index (Phi) is 11.2. The van der Waals surface area contributed by atoms with Crippen molar-refractivity contribution in [2.24, 2.45) is 0 Å². The zero-order chi connectivity index (χ0) is 25.3. The van der Waals surface area contributed by atoms with E-state index < -0.39 is 61.1 Å². The van der Waals surface area contributed by atoms with Crippen LogP contribution in [0.1, 0.15) is 13.3 Å². The summed E-state index contributed by atoms with van der Waals surface area (Å²) in [4.78, 5) is 28.6. The Bertz CT molecular complexity index is 819. The molecule has 0 aromatic carbocycles. The van der Waals surface area contributed by atoms with Gasteiger partial charge in [0.15, 0.2) is 0 Å². The second-order valence-corrected chi connectivity index (χ2v) is 9.96. The highest BCUT2D eigenvalue weighted by atomic mass is 33.1. The number of hydrogen-bond acceptors (Lipinski definition) is 12. The summed E-state index contributed by atoms with van der Waals surface area (Å²) in [7, 11) is 3.85. The van der Waals surface area contributed by atoms with Crippen LogP contribution in [0.15, 0.2) is 42.1 Å². The quantitative estimate of drug-likeness (QED) is 0.139. The number of esters is 1. The lowest BCUT2D eigenvalue weighted by atomic mass is 9.88. The zero-order valence-corrected chi connectivity index (χ0v) is 20.4. The van der Waals surface area contributed by atoms with Gasteiger partial charge in [-0.15, -0.1) is 6.58 Å². The van der Waals surface area contributed by atoms with Gasteiger partial charge in [0.2, 0.25) is 5.91 Å². The van der Waals surface area contributed by atoms with Crippen LogP contribution >= 0.6 is 21.6 Å². The van der Waals surface area contributed by atoms with E-state index in [4.69, 9.17) is 14.2 Å². The molecular formula is C21H30N2O9S2. The van der Waals surface area contributed by atoms with E-state index in [2.05, 4.69) is 16.9 Å². The molecule has 5 N–H and O–H groups in total. The van der Waals surface area contributed by atoms with E-state index in [0.717, 1.165) is 12.1 Å². The summed E-state index contributed by atoms with van der Waals surface area (Å²) in [6.07, 6.45) is -3.53. The van der Waals surface area contributed by atoms with Crippen molar-refractivity contribution in [3.63, 3.8) is 0 Å². The van der Waals surface area contributed by atoms with Gasteiger partial charge in [-0.1, -0.05) is 22.9 Å². The van der Waals surface area contributed by atoms with Gasteiger partial charge in [-0.2, -0.15) is 0 Å². The maximum Gasteiger partial charge on any atom is 0.366 e. The van der Waals surface area contributed by atoms with Gasteiger partial charge in [0.05, 0.1) is 37.7 Å². The molecule has 1 aromatic rings. The van der Waals surface area contributed by atoms with Crippen LogP contribution in [0, 0.1) is 0 Å². The van der Waals surface area contributed by atoms with E-state index in [0.29, 0.717) is 0 Å². The van der Waals surface area contributed by atoms with Gasteiger partial charge >= 0.3 is 5.97 Å². The lowest BCUT2D eigenvalue weighted by Gasteiger charge is -2.47. The molecule has 1 aromatic heterocycles. The molecule has 1 aliphatic rings. The molecule has 0 spiro atoms. The molecule has 1 unspecified atom stereocenters. The molecule has 0 aliphatic carbocycles. The van der Waals surface area contributed by atoms with E-state index in [1.165, 1.54) is 28.5 Å². The smallest absolute Gasteiger partial charge is 0.366 e. The Morgan fingerprint density at radius 2 is 2.18 bits per heavy atom. The number of ether oxygens (including phenoxy) is 3.